The summed E-state index contributed by atoms with van der Waals surface area (Å²) in [7, 11) is 0. The molecule has 0 atom stereocenters. The standard InChI is InChI=1S/C24H18N2O4/c1-16-9-11-18(12-10-16)23(28)20-7-2-3-8-21(20)24(29)30-15-22(27)26-19-6-4-5-17(13-19)14-25/h2-13H,15H2,1H3,(H,26,27). The number of ether oxygens (including phenoxy) is 1. The molecule has 0 saturated carbocycles. The van der Waals surface area contributed by atoms with E-state index in [0.717, 1.165) is 5.56 Å². The van der Waals surface area contributed by atoms with Crippen LogP contribution in [-0.4, -0.2) is 24.3 Å². The molecule has 0 aliphatic heterocycles. The lowest BCUT2D eigenvalue weighted by atomic mass is 9.98. The van der Waals surface area contributed by atoms with Crippen LogP contribution in [0.1, 0.15) is 37.4 Å². The van der Waals surface area contributed by atoms with Crippen LogP contribution < -0.4 is 5.32 Å². The number of ketones is 1. The zero-order valence-electron chi connectivity index (χ0n) is 16.2. The summed E-state index contributed by atoms with van der Waals surface area (Å²) in [4.78, 5) is 37.4. The number of nitrogens with zero attached hydrogens (tertiary/aromatic N) is 1. The number of rotatable bonds is 6. The molecule has 0 saturated heterocycles. The second-order valence-corrected chi connectivity index (χ2v) is 6.56. The van der Waals surface area contributed by atoms with Gasteiger partial charge in [0.15, 0.2) is 12.4 Å². The third kappa shape index (κ3) is 4.97. The molecule has 1 amide bonds. The molecule has 0 fully saturated rings. The first kappa shape index (κ1) is 20.5. The van der Waals surface area contributed by atoms with Crippen LogP contribution in [0.15, 0.2) is 72.8 Å². The SMILES string of the molecule is Cc1ccc(C(=O)c2ccccc2C(=O)OCC(=O)Nc2cccc(C#N)c2)cc1. The summed E-state index contributed by atoms with van der Waals surface area (Å²) in [6.45, 7) is 1.39. The van der Waals surface area contributed by atoms with Crippen molar-refractivity contribution in [3.63, 3.8) is 0 Å². The molecule has 0 radical (unpaired) electrons. The zero-order valence-corrected chi connectivity index (χ0v) is 16.2. The Kier molecular flexibility index (Phi) is 6.36. The molecule has 6 heteroatoms. The number of carbonyl (C=O) groups excluding carboxylic acids is 3. The monoisotopic (exact) mass is 398 g/mol. The van der Waals surface area contributed by atoms with Crippen LogP contribution in [0.4, 0.5) is 5.69 Å². The van der Waals surface area contributed by atoms with E-state index in [2.05, 4.69) is 5.32 Å². The van der Waals surface area contributed by atoms with Crippen LogP contribution in [0.2, 0.25) is 0 Å². The van der Waals surface area contributed by atoms with Gasteiger partial charge in [0.25, 0.3) is 5.91 Å². The lowest BCUT2D eigenvalue weighted by molar-refractivity contribution is -0.119. The summed E-state index contributed by atoms with van der Waals surface area (Å²) < 4.78 is 5.10. The molecule has 0 spiro atoms. The van der Waals surface area contributed by atoms with E-state index in [1.165, 1.54) is 12.1 Å². The molecule has 3 rings (SSSR count). The third-order valence-corrected chi connectivity index (χ3v) is 4.32. The molecule has 30 heavy (non-hydrogen) atoms. The van der Waals surface area contributed by atoms with E-state index in [1.807, 2.05) is 25.1 Å². The third-order valence-electron chi connectivity index (χ3n) is 4.32. The minimum Gasteiger partial charge on any atom is -0.452 e. The Morgan fingerprint density at radius 3 is 2.33 bits per heavy atom. The van der Waals surface area contributed by atoms with Gasteiger partial charge in [-0.1, -0.05) is 54.1 Å². The first-order chi connectivity index (χ1) is 14.5. The van der Waals surface area contributed by atoms with E-state index in [-0.39, 0.29) is 16.9 Å². The molecule has 3 aromatic rings. The Morgan fingerprint density at radius 2 is 1.63 bits per heavy atom. The van der Waals surface area contributed by atoms with Crippen molar-refractivity contribution in [2.75, 3.05) is 11.9 Å². The summed E-state index contributed by atoms with van der Waals surface area (Å²) in [5, 5.41) is 11.5. The van der Waals surface area contributed by atoms with Gasteiger partial charge >= 0.3 is 5.97 Å². The molecule has 6 nitrogen and oxygen atoms in total. The molecule has 0 aliphatic carbocycles. The van der Waals surface area contributed by atoms with E-state index in [4.69, 9.17) is 10.00 Å². The molecule has 0 aromatic heterocycles. The predicted molar refractivity (Wildman–Crippen MR) is 111 cm³/mol. The molecule has 148 valence electrons. The minimum absolute atomic E-state index is 0.0855. The van der Waals surface area contributed by atoms with Crippen molar-refractivity contribution >= 4 is 23.3 Å². The largest absolute Gasteiger partial charge is 0.452 e. The molecule has 0 bridgehead atoms. The number of hydrogen-bond acceptors (Lipinski definition) is 5. The maximum atomic E-state index is 12.8. The zero-order chi connectivity index (χ0) is 21.5. The Hall–Kier alpha value is -4.24. The van der Waals surface area contributed by atoms with Gasteiger partial charge < -0.3 is 10.1 Å². The average Bonchev–Trinajstić information content (AvgIpc) is 2.77. The highest BCUT2D eigenvalue weighted by molar-refractivity contribution is 6.14. The first-order valence-electron chi connectivity index (χ1n) is 9.15. The molecule has 1 N–H and O–H groups in total. The number of nitriles is 1. The predicted octanol–water partition coefficient (Wildman–Crippen LogP) is 3.89. The molecule has 0 unspecified atom stereocenters. The summed E-state index contributed by atoms with van der Waals surface area (Å²) in [5.41, 5.74) is 2.58. The Bertz CT molecular complexity index is 1140. The van der Waals surface area contributed by atoms with Gasteiger partial charge in [0.05, 0.1) is 17.2 Å². The van der Waals surface area contributed by atoms with E-state index in [0.29, 0.717) is 16.8 Å². The fourth-order valence-corrected chi connectivity index (χ4v) is 2.79. The molecule has 0 heterocycles. The van der Waals surface area contributed by atoms with E-state index < -0.39 is 18.5 Å². The normalized spacial score (nSPS) is 10.0. The number of esters is 1. The highest BCUT2D eigenvalue weighted by atomic mass is 16.5. The maximum absolute atomic E-state index is 12.8. The van der Waals surface area contributed by atoms with Crippen molar-refractivity contribution in [2.45, 2.75) is 6.92 Å². The van der Waals surface area contributed by atoms with Crippen LogP contribution in [0.5, 0.6) is 0 Å². The molecular weight excluding hydrogens is 380 g/mol. The number of aryl methyl sites for hydroxylation is 1. The van der Waals surface area contributed by atoms with Gasteiger partial charge in [0.1, 0.15) is 0 Å². The summed E-state index contributed by atoms with van der Waals surface area (Å²) in [5.74, 6) is -1.63. The van der Waals surface area contributed by atoms with Gasteiger partial charge in [-0.2, -0.15) is 5.26 Å². The Balaban J connectivity index is 1.68. The van der Waals surface area contributed by atoms with E-state index in [9.17, 15) is 14.4 Å². The summed E-state index contributed by atoms with van der Waals surface area (Å²) >= 11 is 0. The summed E-state index contributed by atoms with van der Waals surface area (Å²) in [6.07, 6.45) is 0. The first-order valence-corrected chi connectivity index (χ1v) is 9.15. The van der Waals surface area contributed by atoms with Crippen molar-refractivity contribution in [2.24, 2.45) is 0 Å². The van der Waals surface area contributed by atoms with Crippen molar-refractivity contribution in [3.8, 4) is 6.07 Å². The number of amides is 1. The highest BCUT2D eigenvalue weighted by Gasteiger charge is 2.20. The smallest absolute Gasteiger partial charge is 0.339 e. The number of carbonyl (C=O) groups is 3. The number of anilines is 1. The molecular formula is C24H18N2O4. The number of benzene rings is 3. The van der Waals surface area contributed by atoms with Gasteiger partial charge in [-0.3, -0.25) is 9.59 Å². The topological polar surface area (TPSA) is 96.3 Å². The number of hydrogen-bond donors (Lipinski definition) is 1. The lowest BCUT2D eigenvalue weighted by Crippen LogP contribution is -2.22. The number of nitrogens with one attached hydrogen (secondary N) is 1. The van der Waals surface area contributed by atoms with Crippen LogP contribution in [0.25, 0.3) is 0 Å². The molecule has 0 aliphatic rings. The van der Waals surface area contributed by atoms with Gasteiger partial charge in [0.2, 0.25) is 0 Å². The maximum Gasteiger partial charge on any atom is 0.339 e. The van der Waals surface area contributed by atoms with Gasteiger partial charge in [-0.15, -0.1) is 0 Å². The lowest BCUT2D eigenvalue weighted by Gasteiger charge is -2.10. The van der Waals surface area contributed by atoms with Gasteiger partial charge in [-0.25, -0.2) is 4.79 Å². The van der Waals surface area contributed by atoms with Gasteiger partial charge in [-0.05, 0) is 31.2 Å². The van der Waals surface area contributed by atoms with Gasteiger partial charge in [0, 0.05) is 16.8 Å². The fraction of sp³-hybridized carbons (Fsp3) is 0.0833. The van der Waals surface area contributed by atoms with Crippen molar-refractivity contribution < 1.29 is 19.1 Å². The van der Waals surface area contributed by atoms with Crippen molar-refractivity contribution in [1.82, 2.24) is 0 Å². The quantitative estimate of drug-likeness (QED) is 0.502. The van der Waals surface area contributed by atoms with E-state index in [1.54, 1.807) is 48.5 Å². The van der Waals surface area contributed by atoms with Crippen LogP contribution in [0.3, 0.4) is 0 Å². The Morgan fingerprint density at radius 1 is 0.933 bits per heavy atom. The second kappa shape index (κ2) is 9.30. The van der Waals surface area contributed by atoms with Crippen LogP contribution >= 0.6 is 0 Å². The van der Waals surface area contributed by atoms with Crippen molar-refractivity contribution in [3.05, 3.63) is 101 Å². The highest BCUT2D eigenvalue weighted by Crippen LogP contribution is 2.17. The molecule has 3 aromatic carbocycles. The second-order valence-electron chi connectivity index (χ2n) is 6.56. The average molecular weight is 398 g/mol. The van der Waals surface area contributed by atoms with Crippen molar-refractivity contribution in [1.29, 1.82) is 5.26 Å². The summed E-state index contributed by atoms with van der Waals surface area (Å²) in [6, 6.07) is 21.7. The van der Waals surface area contributed by atoms with E-state index >= 15 is 0 Å². The fourth-order valence-electron chi connectivity index (χ4n) is 2.79. The minimum atomic E-state index is -0.771. The van der Waals surface area contributed by atoms with Crippen LogP contribution in [0, 0.1) is 18.3 Å². The van der Waals surface area contributed by atoms with Crippen LogP contribution in [-0.2, 0) is 9.53 Å². The Labute approximate surface area is 173 Å².